The van der Waals surface area contributed by atoms with Gasteiger partial charge in [0.1, 0.15) is 5.82 Å². The zero-order valence-corrected chi connectivity index (χ0v) is 22.5. The Morgan fingerprint density at radius 1 is 0.541 bits per heavy atom. The van der Waals surface area contributed by atoms with Gasteiger partial charge in [-0.2, -0.15) is 0 Å². The molecule has 0 radical (unpaired) electrons. The van der Waals surface area contributed by atoms with Crippen LogP contribution in [-0.4, -0.2) is 0 Å². The Labute approximate surface area is 223 Å². The van der Waals surface area contributed by atoms with Crippen LogP contribution in [0, 0.1) is 17.7 Å². The summed E-state index contributed by atoms with van der Waals surface area (Å²) in [5.74, 6) is 6.45. The Balaban J connectivity index is 1.34. The molecule has 0 fully saturated rings. The summed E-state index contributed by atoms with van der Waals surface area (Å²) in [5, 5.41) is 1.60. The first-order valence-electron chi connectivity index (χ1n) is 14.1. The molecule has 0 spiro atoms. The summed E-state index contributed by atoms with van der Waals surface area (Å²) in [5.41, 5.74) is 6.89. The van der Waals surface area contributed by atoms with Gasteiger partial charge in [-0.25, -0.2) is 4.39 Å². The number of aryl methyl sites for hydroxylation is 4. The molecular weight excluding hydrogens is 451 g/mol. The van der Waals surface area contributed by atoms with Gasteiger partial charge in [0.15, 0.2) is 0 Å². The van der Waals surface area contributed by atoms with Crippen molar-refractivity contribution in [1.82, 2.24) is 0 Å². The van der Waals surface area contributed by atoms with E-state index in [1.165, 1.54) is 42.4 Å². The van der Waals surface area contributed by atoms with Crippen LogP contribution in [0.1, 0.15) is 85.8 Å². The summed E-state index contributed by atoms with van der Waals surface area (Å²) in [6.45, 7) is 4.42. The molecule has 190 valence electrons. The van der Waals surface area contributed by atoms with Gasteiger partial charge in [0.25, 0.3) is 0 Å². The fourth-order valence-electron chi connectivity index (χ4n) is 4.81. The predicted octanol–water partition coefficient (Wildman–Crippen LogP) is 9.63. The van der Waals surface area contributed by atoms with Crippen LogP contribution < -0.4 is 0 Å². The lowest BCUT2D eigenvalue weighted by Gasteiger charge is -2.07. The largest absolute Gasteiger partial charge is 0.206 e. The number of hydrogen-bond donors (Lipinski definition) is 0. The van der Waals surface area contributed by atoms with Gasteiger partial charge in [-0.1, -0.05) is 106 Å². The zero-order valence-electron chi connectivity index (χ0n) is 22.5. The molecule has 0 aliphatic carbocycles. The second-order valence-electron chi connectivity index (χ2n) is 10.2. The molecule has 37 heavy (non-hydrogen) atoms. The maximum Gasteiger partial charge on any atom is 0.134 e. The number of benzene rings is 4. The van der Waals surface area contributed by atoms with Crippen molar-refractivity contribution in [3.8, 4) is 11.8 Å². The van der Waals surface area contributed by atoms with Gasteiger partial charge in [0, 0.05) is 16.5 Å². The van der Waals surface area contributed by atoms with Crippen molar-refractivity contribution < 1.29 is 4.39 Å². The van der Waals surface area contributed by atoms with Crippen molar-refractivity contribution in [2.45, 2.75) is 78.1 Å². The van der Waals surface area contributed by atoms with E-state index in [0.717, 1.165) is 60.6 Å². The average molecular weight is 491 g/mol. The second-order valence-corrected chi connectivity index (χ2v) is 10.2. The SMILES string of the molecule is CCCCCc1ccc(CCc2ccc(C#Cc3ccc4c(F)c(CCCCC)ccc4c3)cc2)cc1. The highest BCUT2D eigenvalue weighted by Gasteiger charge is 2.07. The number of hydrogen-bond acceptors (Lipinski definition) is 0. The second kappa shape index (κ2) is 13.8. The monoisotopic (exact) mass is 490 g/mol. The summed E-state index contributed by atoms with van der Waals surface area (Å²) in [4.78, 5) is 0. The van der Waals surface area contributed by atoms with E-state index in [-0.39, 0.29) is 5.82 Å². The van der Waals surface area contributed by atoms with Crippen molar-refractivity contribution in [2.24, 2.45) is 0 Å². The maximum absolute atomic E-state index is 14.9. The van der Waals surface area contributed by atoms with E-state index in [1.807, 2.05) is 30.3 Å². The van der Waals surface area contributed by atoms with Crippen LogP contribution in [-0.2, 0) is 25.7 Å². The standard InChI is InChI=1S/C36H39F/c1-3-5-7-9-28-11-13-29(14-12-28)15-16-30-17-19-31(20-18-30)21-22-32-23-26-35-34(27-32)25-24-33(36(35)37)10-8-6-4-2/h11-14,17-20,23-27H,3-10,15-16H2,1-2H3. The smallest absolute Gasteiger partial charge is 0.134 e. The minimum atomic E-state index is -0.0772. The number of unbranched alkanes of at least 4 members (excludes halogenated alkanes) is 4. The highest BCUT2D eigenvalue weighted by Crippen LogP contribution is 2.24. The molecular formula is C36H39F. The molecule has 0 N–H and O–H groups in total. The minimum Gasteiger partial charge on any atom is -0.206 e. The van der Waals surface area contributed by atoms with E-state index < -0.39 is 0 Å². The lowest BCUT2D eigenvalue weighted by atomic mass is 10.00. The highest BCUT2D eigenvalue weighted by atomic mass is 19.1. The molecule has 0 aliphatic rings. The maximum atomic E-state index is 14.9. The van der Waals surface area contributed by atoms with Crippen molar-refractivity contribution >= 4 is 10.8 Å². The van der Waals surface area contributed by atoms with Crippen molar-refractivity contribution in [3.05, 3.63) is 118 Å². The lowest BCUT2D eigenvalue weighted by Crippen LogP contribution is -1.93. The van der Waals surface area contributed by atoms with E-state index in [2.05, 4.69) is 74.2 Å². The first-order chi connectivity index (χ1) is 18.2. The van der Waals surface area contributed by atoms with Crippen LogP contribution in [0.2, 0.25) is 0 Å². The summed E-state index contributed by atoms with van der Waals surface area (Å²) in [7, 11) is 0. The van der Waals surface area contributed by atoms with Crippen LogP contribution in [0.3, 0.4) is 0 Å². The van der Waals surface area contributed by atoms with E-state index in [1.54, 1.807) is 0 Å². The van der Waals surface area contributed by atoms with Crippen LogP contribution in [0.25, 0.3) is 10.8 Å². The van der Waals surface area contributed by atoms with Crippen LogP contribution >= 0.6 is 0 Å². The van der Waals surface area contributed by atoms with Crippen molar-refractivity contribution in [3.63, 3.8) is 0 Å². The van der Waals surface area contributed by atoms with E-state index in [9.17, 15) is 4.39 Å². The summed E-state index contributed by atoms with van der Waals surface area (Å²) < 4.78 is 14.9. The molecule has 0 atom stereocenters. The Morgan fingerprint density at radius 3 is 1.73 bits per heavy atom. The quantitative estimate of drug-likeness (QED) is 0.145. The van der Waals surface area contributed by atoms with Gasteiger partial charge >= 0.3 is 0 Å². The Bertz CT molecular complexity index is 1330. The van der Waals surface area contributed by atoms with Gasteiger partial charge in [-0.3, -0.25) is 0 Å². The van der Waals surface area contributed by atoms with Gasteiger partial charge in [0.2, 0.25) is 0 Å². The van der Waals surface area contributed by atoms with Crippen LogP contribution in [0.15, 0.2) is 78.9 Å². The highest BCUT2D eigenvalue weighted by molar-refractivity contribution is 5.85. The summed E-state index contributed by atoms with van der Waals surface area (Å²) in [6.07, 6.45) is 11.3. The molecule has 0 heterocycles. The van der Waals surface area contributed by atoms with Gasteiger partial charge in [0.05, 0.1) is 0 Å². The first-order valence-corrected chi connectivity index (χ1v) is 14.1. The van der Waals surface area contributed by atoms with Gasteiger partial charge in [-0.05, 0) is 90.4 Å². The molecule has 1 heteroatoms. The van der Waals surface area contributed by atoms with Gasteiger partial charge < -0.3 is 0 Å². The molecule has 4 rings (SSSR count). The third kappa shape index (κ3) is 7.80. The molecule has 0 bridgehead atoms. The Kier molecular flexibility index (Phi) is 9.96. The molecule has 0 unspecified atom stereocenters. The third-order valence-corrected chi connectivity index (χ3v) is 7.18. The molecule has 0 saturated heterocycles. The van der Waals surface area contributed by atoms with Crippen molar-refractivity contribution in [1.29, 1.82) is 0 Å². The predicted molar refractivity (Wildman–Crippen MR) is 157 cm³/mol. The number of rotatable bonds is 11. The molecule has 0 saturated carbocycles. The summed E-state index contributed by atoms with van der Waals surface area (Å²) in [6, 6.07) is 27.5. The zero-order chi connectivity index (χ0) is 25.9. The minimum absolute atomic E-state index is 0.0772. The number of halogens is 1. The summed E-state index contributed by atoms with van der Waals surface area (Å²) >= 11 is 0. The molecule has 0 aromatic heterocycles. The third-order valence-electron chi connectivity index (χ3n) is 7.18. The Morgan fingerprint density at radius 2 is 1.08 bits per heavy atom. The molecule has 4 aromatic rings. The normalized spacial score (nSPS) is 10.9. The molecule has 0 aliphatic heterocycles. The Hall–Kier alpha value is -3.37. The average Bonchev–Trinajstić information content (AvgIpc) is 2.93. The molecule has 0 amide bonds. The fraction of sp³-hybridized carbons (Fsp3) is 0.333. The topological polar surface area (TPSA) is 0 Å². The molecule has 0 nitrogen and oxygen atoms in total. The van der Waals surface area contributed by atoms with Crippen LogP contribution in [0.4, 0.5) is 4.39 Å². The van der Waals surface area contributed by atoms with E-state index in [0.29, 0.717) is 5.39 Å². The lowest BCUT2D eigenvalue weighted by molar-refractivity contribution is 0.609. The van der Waals surface area contributed by atoms with Crippen LogP contribution in [0.5, 0.6) is 0 Å². The van der Waals surface area contributed by atoms with E-state index >= 15 is 0 Å². The van der Waals surface area contributed by atoms with E-state index in [4.69, 9.17) is 0 Å². The first kappa shape index (κ1) is 26.7. The molecule has 4 aromatic carbocycles. The van der Waals surface area contributed by atoms with Gasteiger partial charge in [-0.15, -0.1) is 0 Å². The number of fused-ring (bicyclic) bond motifs is 1. The fourth-order valence-corrected chi connectivity index (χ4v) is 4.81. The van der Waals surface area contributed by atoms with Crippen molar-refractivity contribution in [2.75, 3.05) is 0 Å².